The third kappa shape index (κ3) is 6.69. The molecule has 0 fully saturated rings. The highest BCUT2D eigenvalue weighted by Gasteiger charge is 2.25. The van der Waals surface area contributed by atoms with Crippen molar-refractivity contribution in [1.82, 2.24) is 10.3 Å². The van der Waals surface area contributed by atoms with E-state index in [2.05, 4.69) is 27.5 Å². The van der Waals surface area contributed by atoms with Gasteiger partial charge < -0.3 is 26.0 Å². The Labute approximate surface area is 168 Å². The van der Waals surface area contributed by atoms with Gasteiger partial charge in [-0.05, 0) is 43.3 Å². The lowest BCUT2D eigenvalue weighted by Crippen LogP contribution is -2.48. The summed E-state index contributed by atoms with van der Waals surface area (Å²) in [6, 6.07) is 8.84. The zero-order chi connectivity index (χ0) is 21.2. The number of nitrogens with zero attached hydrogens (tertiary/aromatic N) is 1. The maximum atomic E-state index is 12.3. The quantitative estimate of drug-likeness (QED) is 0.394. The molecular formula is C21H23N3O5. The fourth-order valence-electron chi connectivity index (χ4n) is 2.40. The molecule has 0 aliphatic heterocycles. The van der Waals surface area contributed by atoms with E-state index in [4.69, 9.17) is 10.2 Å². The van der Waals surface area contributed by atoms with Crippen molar-refractivity contribution in [2.24, 2.45) is 0 Å². The van der Waals surface area contributed by atoms with Crippen molar-refractivity contribution in [2.75, 3.05) is 25.1 Å². The van der Waals surface area contributed by atoms with E-state index in [-0.39, 0.29) is 6.61 Å². The fraction of sp³-hybridized carbons (Fsp3) is 0.286. The maximum absolute atomic E-state index is 12.3. The lowest BCUT2D eigenvalue weighted by molar-refractivity contribution is -0.125. The Morgan fingerprint density at radius 3 is 2.28 bits per heavy atom. The second kappa shape index (κ2) is 10.9. The molecule has 2 atom stereocenters. The van der Waals surface area contributed by atoms with Crippen molar-refractivity contribution in [2.45, 2.75) is 19.1 Å². The minimum atomic E-state index is -1.17. The number of rotatable bonds is 8. The Hall–Kier alpha value is -3.25. The van der Waals surface area contributed by atoms with Gasteiger partial charge in [0.15, 0.2) is 5.78 Å². The molecule has 8 heteroatoms. The largest absolute Gasteiger partial charge is 0.395 e. The van der Waals surface area contributed by atoms with Crippen LogP contribution in [-0.2, 0) is 4.79 Å². The topological polar surface area (TPSA) is 132 Å². The number of amides is 1. The average Bonchev–Trinajstić information content (AvgIpc) is 2.74. The number of carbonyl (C=O) groups excluding carboxylic acids is 2. The molecule has 1 amide bonds. The second-order valence-electron chi connectivity index (χ2n) is 6.23. The van der Waals surface area contributed by atoms with Crippen LogP contribution < -0.4 is 10.6 Å². The molecular weight excluding hydrogens is 374 g/mol. The molecule has 0 aliphatic carbocycles. The summed E-state index contributed by atoms with van der Waals surface area (Å²) < 4.78 is 0. The van der Waals surface area contributed by atoms with Gasteiger partial charge in [0.25, 0.3) is 5.91 Å². The number of nitrogens with one attached hydrogen (secondary N) is 2. The molecule has 152 valence electrons. The minimum Gasteiger partial charge on any atom is -0.395 e. The number of Topliss-reactive ketones (excluding diaryl/α,β-unsaturated/α-hetero) is 1. The van der Waals surface area contributed by atoms with Crippen molar-refractivity contribution >= 4 is 17.5 Å². The van der Waals surface area contributed by atoms with Crippen LogP contribution in [0.2, 0.25) is 0 Å². The van der Waals surface area contributed by atoms with E-state index < -0.39 is 30.4 Å². The summed E-state index contributed by atoms with van der Waals surface area (Å²) in [5.74, 6) is 5.38. The summed E-state index contributed by atoms with van der Waals surface area (Å²) in [7, 11) is 0. The Balaban J connectivity index is 2.02. The number of aliphatic hydroxyl groups is 3. The SMILES string of the molecule is C[C@@H](O)[C@H](NC(=O)c1ccc(C#Cc2ccc(NCCO)nc2)cc1)C(=O)CO. The van der Waals surface area contributed by atoms with Gasteiger partial charge in [0.2, 0.25) is 0 Å². The third-order valence-electron chi connectivity index (χ3n) is 3.95. The molecule has 0 saturated carbocycles. The number of anilines is 1. The summed E-state index contributed by atoms with van der Waals surface area (Å²) in [5, 5.41) is 32.7. The van der Waals surface area contributed by atoms with Crippen molar-refractivity contribution in [3.63, 3.8) is 0 Å². The van der Waals surface area contributed by atoms with Crippen LogP contribution in [0, 0.1) is 11.8 Å². The molecule has 0 spiro atoms. The van der Waals surface area contributed by atoms with Gasteiger partial charge in [0.1, 0.15) is 18.5 Å². The number of ketones is 1. The summed E-state index contributed by atoms with van der Waals surface area (Å²) in [4.78, 5) is 28.0. The normalized spacial score (nSPS) is 12.3. The molecule has 5 N–H and O–H groups in total. The second-order valence-corrected chi connectivity index (χ2v) is 6.23. The van der Waals surface area contributed by atoms with E-state index in [0.717, 1.165) is 0 Å². The summed E-state index contributed by atoms with van der Waals surface area (Å²) in [6.45, 7) is 1.04. The monoisotopic (exact) mass is 397 g/mol. The van der Waals surface area contributed by atoms with Gasteiger partial charge in [-0.1, -0.05) is 11.8 Å². The first-order valence-corrected chi connectivity index (χ1v) is 9.00. The molecule has 0 unspecified atom stereocenters. The molecule has 0 saturated heterocycles. The highest BCUT2D eigenvalue weighted by atomic mass is 16.3. The van der Waals surface area contributed by atoms with E-state index in [1.165, 1.54) is 6.92 Å². The van der Waals surface area contributed by atoms with E-state index in [1.54, 1.807) is 42.6 Å². The van der Waals surface area contributed by atoms with Gasteiger partial charge in [-0.15, -0.1) is 0 Å². The van der Waals surface area contributed by atoms with E-state index in [1.807, 2.05) is 0 Å². The van der Waals surface area contributed by atoms with Crippen molar-refractivity contribution in [3.05, 3.63) is 59.3 Å². The predicted octanol–water partition coefficient (Wildman–Crippen LogP) is -0.0738. The van der Waals surface area contributed by atoms with Gasteiger partial charge in [-0.3, -0.25) is 9.59 Å². The summed E-state index contributed by atoms with van der Waals surface area (Å²) in [5.41, 5.74) is 1.69. The highest BCUT2D eigenvalue weighted by molar-refractivity contribution is 5.98. The molecule has 1 aromatic heterocycles. The van der Waals surface area contributed by atoms with E-state index >= 15 is 0 Å². The molecule has 2 aromatic rings. The molecule has 0 aliphatic rings. The van der Waals surface area contributed by atoms with Crippen LogP contribution in [0.25, 0.3) is 0 Å². The third-order valence-corrected chi connectivity index (χ3v) is 3.95. The molecule has 1 heterocycles. The number of aromatic nitrogens is 1. The first-order chi connectivity index (χ1) is 13.9. The summed E-state index contributed by atoms with van der Waals surface area (Å²) >= 11 is 0. The van der Waals surface area contributed by atoms with Gasteiger partial charge in [-0.25, -0.2) is 4.98 Å². The Kier molecular flexibility index (Phi) is 8.30. The van der Waals surface area contributed by atoms with Gasteiger partial charge in [-0.2, -0.15) is 0 Å². The predicted molar refractivity (Wildman–Crippen MR) is 107 cm³/mol. The Morgan fingerprint density at radius 1 is 1.07 bits per heavy atom. The summed E-state index contributed by atoms with van der Waals surface area (Å²) in [6.07, 6.45) is 0.491. The van der Waals surface area contributed by atoms with E-state index in [0.29, 0.717) is 29.1 Å². The zero-order valence-electron chi connectivity index (χ0n) is 15.9. The first-order valence-electron chi connectivity index (χ1n) is 9.00. The van der Waals surface area contributed by atoms with Crippen LogP contribution in [0.3, 0.4) is 0 Å². The first kappa shape index (κ1) is 22.0. The van der Waals surface area contributed by atoms with Crippen LogP contribution in [0.4, 0.5) is 5.82 Å². The fourth-order valence-corrected chi connectivity index (χ4v) is 2.40. The lowest BCUT2D eigenvalue weighted by atomic mass is 10.1. The number of aliphatic hydroxyl groups excluding tert-OH is 3. The number of hydrogen-bond donors (Lipinski definition) is 5. The molecule has 8 nitrogen and oxygen atoms in total. The van der Waals surface area contributed by atoms with Crippen LogP contribution in [0.1, 0.15) is 28.4 Å². The molecule has 0 radical (unpaired) electrons. The number of carbonyl (C=O) groups is 2. The molecule has 29 heavy (non-hydrogen) atoms. The Morgan fingerprint density at radius 2 is 1.72 bits per heavy atom. The number of pyridine rings is 1. The number of hydrogen-bond acceptors (Lipinski definition) is 7. The molecule has 0 bridgehead atoms. The van der Waals surface area contributed by atoms with Gasteiger partial charge in [0, 0.05) is 29.4 Å². The minimum absolute atomic E-state index is 0.0225. The van der Waals surface area contributed by atoms with Gasteiger partial charge in [0.05, 0.1) is 12.7 Å². The van der Waals surface area contributed by atoms with Crippen molar-refractivity contribution < 1.29 is 24.9 Å². The van der Waals surface area contributed by atoms with Gasteiger partial charge >= 0.3 is 0 Å². The van der Waals surface area contributed by atoms with Crippen LogP contribution in [0.5, 0.6) is 0 Å². The van der Waals surface area contributed by atoms with Crippen LogP contribution >= 0.6 is 0 Å². The Bertz CT molecular complexity index is 883. The van der Waals surface area contributed by atoms with Crippen LogP contribution in [-0.4, -0.2) is 63.9 Å². The maximum Gasteiger partial charge on any atom is 0.251 e. The lowest BCUT2D eigenvalue weighted by Gasteiger charge is -2.19. The standard InChI is InChI=1S/C21H23N3O5/c1-14(27)20(18(28)13-26)24-21(29)17-7-4-15(5-8-17)2-3-16-6-9-19(23-12-16)22-10-11-25/h4-9,12,14,20,25-27H,10-11,13H2,1H3,(H,22,23)(H,24,29)/t14-,20+/m1/s1. The zero-order valence-corrected chi connectivity index (χ0v) is 15.9. The molecule has 2 rings (SSSR count). The van der Waals surface area contributed by atoms with E-state index in [9.17, 15) is 14.7 Å². The highest BCUT2D eigenvalue weighted by Crippen LogP contribution is 2.07. The number of benzene rings is 1. The van der Waals surface area contributed by atoms with Crippen molar-refractivity contribution in [1.29, 1.82) is 0 Å². The smallest absolute Gasteiger partial charge is 0.251 e. The average molecular weight is 397 g/mol. The van der Waals surface area contributed by atoms with Crippen molar-refractivity contribution in [3.8, 4) is 11.8 Å². The molecule has 1 aromatic carbocycles. The van der Waals surface area contributed by atoms with Crippen LogP contribution in [0.15, 0.2) is 42.6 Å².